The van der Waals surface area contributed by atoms with Gasteiger partial charge in [-0.25, -0.2) is 0 Å². The molecular weight excluding hydrogens is 335 g/mol. The van der Waals surface area contributed by atoms with Gasteiger partial charge in [0.25, 0.3) is 0 Å². The van der Waals surface area contributed by atoms with E-state index < -0.39 is 6.89 Å². The highest BCUT2D eigenvalue weighted by Gasteiger charge is 2.36. The number of ketones is 1. The molecule has 0 atom stereocenters. The Hall–Kier alpha value is -2.37. The van der Waals surface area contributed by atoms with Gasteiger partial charge in [-0.15, -0.1) is 0 Å². The molecule has 1 aliphatic rings. The summed E-state index contributed by atoms with van der Waals surface area (Å²) in [5, 5.41) is 4.79. The summed E-state index contributed by atoms with van der Waals surface area (Å²) in [4.78, 5) is 13.3. The lowest BCUT2D eigenvalue weighted by Crippen LogP contribution is -2.32. The summed E-state index contributed by atoms with van der Waals surface area (Å²) in [6.07, 6.45) is 2.07. The molecule has 1 fully saturated rings. The molecule has 0 aliphatic heterocycles. The van der Waals surface area contributed by atoms with Crippen LogP contribution in [0.4, 0.5) is 0 Å². The van der Waals surface area contributed by atoms with Gasteiger partial charge in [0.15, 0.2) is 5.78 Å². The van der Waals surface area contributed by atoms with Crippen LogP contribution in [0.15, 0.2) is 91.0 Å². The molecule has 0 amide bonds. The number of benzene rings is 3. The van der Waals surface area contributed by atoms with Crippen LogP contribution < -0.4 is 15.9 Å². The molecule has 0 aromatic heterocycles. The van der Waals surface area contributed by atoms with E-state index in [0.29, 0.717) is 5.78 Å². The summed E-state index contributed by atoms with van der Waals surface area (Å²) in [6, 6.07) is 31.8. The zero-order chi connectivity index (χ0) is 18.0. The summed E-state index contributed by atoms with van der Waals surface area (Å²) in [6.45, 7) is -0.0624. The van der Waals surface area contributed by atoms with Crippen molar-refractivity contribution < 1.29 is 4.79 Å². The first-order valence-electron chi connectivity index (χ1n) is 9.19. The van der Waals surface area contributed by atoms with Gasteiger partial charge in [-0.2, -0.15) is 0 Å². The van der Waals surface area contributed by atoms with Crippen LogP contribution in [-0.2, 0) is 4.79 Å². The van der Waals surface area contributed by atoms with Crippen LogP contribution in [-0.4, -0.2) is 11.1 Å². The lowest BCUT2D eigenvalue weighted by molar-refractivity contribution is -0.113. The Morgan fingerprint density at radius 3 is 1.35 bits per heavy atom. The Morgan fingerprint density at radius 1 is 0.692 bits per heavy atom. The van der Waals surface area contributed by atoms with E-state index >= 15 is 0 Å². The molecule has 0 radical (unpaired) electrons. The Labute approximate surface area is 155 Å². The fraction of sp³-hybridized carbons (Fsp3) is 0.167. The van der Waals surface area contributed by atoms with E-state index in [1.165, 1.54) is 15.9 Å². The average Bonchev–Trinajstić information content (AvgIpc) is 3.56. The number of carbonyl (C=O) groups is 1. The minimum absolute atomic E-state index is 0.227. The van der Waals surface area contributed by atoms with Gasteiger partial charge < -0.3 is 0 Å². The monoisotopic (exact) mass is 358 g/mol. The Balaban J connectivity index is 2.14. The molecule has 3 aromatic carbocycles. The highest BCUT2D eigenvalue weighted by molar-refractivity contribution is 7.96. The second-order valence-corrected chi connectivity index (χ2v) is 10.5. The van der Waals surface area contributed by atoms with Crippen LogP contribution in [0.2, 0.25) is 0 Å². The van der Waals surface area contributed by atoms with Crippen LogP contribution in [0.25, 0.3) is 0 Å². The molecule has 0 unspecified atom stereocenters. The fourth-order valence-corrected chi connectivity index (χ4v) is 8.22. The van der Waals surface area contributed by atoms with Gasteiger partial charge in [0.1, 0.15) is 0 Å². The maximum atomic E-state index is 13.3. The largest absolute Gasteiger partial charge is 0.294 e. The van der Waals surface area contributed by atoms with Crippen molar-refractivity contribution in [3.63, 3.8) is 0 Å². The van der Waals surface area contributed by atoms with Gasteiger partial charge >= 0.3 is 0 Å². The average molecular weight is 358 g/mol. The summed E-state index contributed by atoms with van der Waals surface area (Å²) >= 11 is 0. The fourth-order valence-electron chi connectivity index (χ4n) is 3.79. The van der Waals surface area contributed by atoms with E-state index in [-0.39, 0.29) is 5.92 Å². The third-order valence-electron chi connectivity index (χ3n) is 5.24. The smallest absolute Gasteiger partial charge is 0.162 e. The number of hydrogen-bond donors (Lipinski definition) is 0. The molecule has 0 saturated heterocycles. The molecular formula is C24H23OP. The number of hydrogen-bond acceptors (Lipinski definition) is 1. The van der Waals surface area contributed by atoms with Gasteiger partial charge in [0.05, 0.1) is 0 Å². The molecule has 0 bridgehead atoms. The van der Waals surface area contributed by atoms with Gasteiger partial charge in [-0.1, -0.05) is 91.0 Å². The Morgan fingerprint density at radius 2 is 1.04 bits per heavy atom. The molecule has 1 aliphatic carbocycles. The van der Waals surface area contributed by atoms with E-state index in [2.05, 4.69) is 79.7 Å². The minimum Gasteiger partial charge on any atom is -0.294 e. The third-order valence-corrected chi connectivity index (χ3v) is 9.68. The molecule has 1 saturated carbocycles. The SMILES string of the molecule is CC(C(=O)C1CC1)=P(c1ccccc1)(c1ccccc1)c1ccccc1. The molecule has 3 aromatic rings. The summed E-state index contributed by atoms with van der Waals surface area (Å²) in [5.74, 6) is 0.584. The van der Waals surface area contributed by atoms with Crippen molar-refractivity contribution in [3.05, 3.63) is 91.0 Å². The van der Waals surface area contributed by atoms with E-state index in [1.54, 1.807) is 0 Å². The van der Waals surface area contributed by atoms with E-state index in [0.717, 1.165) is 18.1 Å². The van der Waals surface area contributed by atoms with E-state index in [1.807, 2.05) is 18.2 Å². The van der Waals surface area contributed by atoms with Crippen molar-refractivity contribution in [1.29, 1.82) is 0 Å². The van der Waals surface area contributed by atoms with Crippen molar-refractivity contribution in [1.82, 2.24) is 0 Å². The number of rotatable bonds is 5. The molecule has 26 heavy (non-hydrogen) atoms. The first-order valence-corrected chi connectivity index (χ1v) is 11.0. The number of Topliss-reactive ketones (excluding diaryl/α,β-unsaturated/α-hetero) is 1. The lowest BCUT2D eigenvalue weighted by Gasteiger charge is -2.31. The quantitative estimate of drug-likeness (QED) is 0.626. The van der Waals surface area contributed by atoms with E-state index in [4.69, 9.17) is 0 Å². The molecule has 1 nitrogen and oxygen atoms in total. The van der Waals surface area contributed by atoms with Crippen LogP contribution in [0, 0.1) is 5.92 Å². The van der Waals surface area contributed by atoms with Crippen LogP contribution in [0.1, 0.15) is 19.8 Å². The Kier molecular flexibility index (Phi) is 4.66. The van der Waals surface area contributed by atoms with Gasteiger partial charge in [0, 0.05) is 11.2 Å². The van der Waals surface area contributed by atoms with Crippen molar-refractivity contribution in [2.45, 2.75) is 19.8 Å². The summed E-state index contributed by atoms with van der Waals surface area (Å²) in [7, 11) is 0. The van der Waals surface area contributed by atoms with Gasteiger partial charge in [-0.3, -0.25) is 4.79 Å². The van der Waals surface area contributed by atoms with Crippen LogP contribution in [0.3, 0.4) is 0 Å². The highest BCUT2D eigenvalue weighted by atomic mass is 31.2. The van der Waals surface area contributed by atoms with E-state index in [9.17, 15) is 4.79 Å². The second-order valence-electron chi connectivity index (χ2n) is 6.90. The topological polar surface area (TPSA) is 17.1 Å². The maximum absolute atomic E-state index is 13.3. The molecule has 0 spiro atoms. The normalized spacial score (nSPS) is 14.0. The maximum Gasteiger partial charge on any atom is 0.162 e. The molecule has 4 rings (SSSR count). The lowest BCUT2D eigenvalue weighted by atomic mass is 10.2. The van der Waals surface area contributed by atoms with Crippen molar-refractivity contribution in [3.8, 4) is 0 Å². The Bertz CT molecular complexity index is 851. The minimum atomic E-state index is -2.15. The zero-order valence-electron chi connectivity index (χ0n) is 15.0. The summed E-state index contributed by atoms with van der Waals surface area (Å²) < 4.78 is 0. The van der Waals surface area contributed by atoms with Gasteiger partial charge in [0.2, 0.25) is 0 Å². The third kappa shape index (κ3) is 2.87. The van der Waals surface area contributed by atoms with Crippen LogP contribution >= 0.6 is 6.89 Å². The predicted octanol–water partition coefficient (Wildman–Crippen LogP) is 4.15. The first-order chi connectivity index (χ1) is 12.7. The molecule has 130 valence electrons. The second kappa shape index (κ2) is 7.09. The summed E-state index contributed by atoms with van der Waals surface area (Å²) in [5.41, 5.74) is 0. The molecule has 0 N–H and O–H groups in total. The standard InChI is InChI=1S/C24H23OP/c1-19(24(25)20-17-18-20)26(21-11-5-2-6-12-21,22-13-7-3-8-14-22)23-15-9-4-10-16-23/h2-16,20H,17-18H2,1H3. The number of carbonyl (C=O) groups excluding carboxylic acids is 1. The van der Waals surface area contributed by atoms with Crippen molar-refractivity contribution in [2.75, 3.05) is 0 Å². The first kappa shape index (κ1) is 17.1. The molecule has 2 heteroatoms. The zero-order valence-corrected chi connectivity index (χ0v) is 15.9. The van der Waals surface area contributed by atoms with Crippen molar-refractivity contribution in [2.24, 2.45) is 5.92 Å². The van der Waals surface area contributed by atoms with Crippen molar-refractivity contribution >= 4 is 33.9 Å². The van der Waals surface area contributed by atoms with Crippen LogP contribution in [0.5, 0.6) is 0 Å². The molecule has 0 heterocycles. The highest BCUT2D eigenvalue weighted by Crippen LogP contribution is 2.47. The predicted molar refractivity (Wildman–Crippen MR) is 114 cm³/mol. The van der Waals surface area contributed by atoms with Gasteiger partial charge in [-0.05, 0) is 42.6 Å².